The van der Waals surface area contributed by atoms with Crippen LogP contribution in [0.4, 0.5) is 0 Å². The minimum absolute atomic E-state index is 0.0482. The van der Waals surface area contributed by atoms with E-state index in [-0.39, 0.29) is 23.6 Å². The van der Waals surface area contributed by atoms with Crippen molar-refractivity contribution in [1.82, 2.24) is 4.90 Å². The highest BCUT2D eigenvalue weighted by Crippen LogP contribution is 2.32. The van der Waals surface area contributed by atoms with Gasteiger partial charge in [0.2, 0.25) is 0 Å². The van der Waals surface area contributed by atoms with Crippen LogP contribution in [0, 0.1) is 0 Å². The average molecular weight is 356 g/mol. The minimum Gasteiger partial charge on any atom is -0.469 e. The Labute approximate surface area is 153 Å². The van der Waals surface area contributed by atoms with Crippen molar-refractivity contribution in [3.8, 4) is 0 Å². The smallest absolute Gasteiger partial charge is 0.306 e. The summed E-state index contributed by atoms with van der Waals surface area (Å²) >= 11 is 0. The van der Waals surface area contributed by atoms with Gasteiger partial charge in [-0.05, 0) is 47.1 Å². The molecule has 0 aromatic heterocycles. The zero-order chi connectivity index (χ0) is 18.9. The van der Waals surface area contributed by atoms with Gasteiger partial charge >= 0.3 is 11.9 Å². The molecule has 146 valence electrons. The molecule has 1 aliphatic rings. The van der Waals surface area contributed by atoms with Crippen molar-refractivity contribution < 1.29 is 19.1 Å². The Hall–Kier alpha value is -1.10. The van der Waals surface area contributed by atoms with Gasteiger partial charge < -0.3 is 9.47 Å². The van der Waals surface area contributed by atoms with Gasteiger partial charge in [-0.15, -0.1) is 0 Å². The summed E-state index contributed by atoms with van der Waals surface area (Å²) in [6, 6.07) is 0.437. The average Bonchev–Trinajstić information content (AvgIpc) is 2.54. The van der Waals surface area contributed by atoms with Gasteiger partial charge in [0.15, 0.2) is 0 Å². The number of methoxy groups -OCH3 is 1. The summed E-state index contributed by atoms with van der Waals surface area (Å²) < 4.78 is 10.3. The van der Waals surface area contributed by atoms with Crippen molar-refractivity contribution >= 4 is 11.9 Å². The van der Waals surface area contributed by atoms with Crippen molar-refractivity contribution in [3.63, 3.8) is 0 Å². The van der Waals surface area contributed by atoms with Gasteiger partial charge in [-0.3, -0.25) is 14.5 Å². The molecule has 25 heavy (non-hydrogen) atoms. The second kappa shape index (κ2) is 10.8. The van der Waals surface area contributed by atoms with Gasteiger partial charge in [0.25, 0.3) is 0 Å². The zero-order valence-corrected chi connectivity index (χ0v) is 16.8. The van der Waals surface area contributed by atoms with Crippen LogP contribution in [0.2, 0.25) is 0 Å². The third-order valence-electron chi connectivity index (χ3n) is 5.48. The Morgan fingerprint density at radius 2 is 1.52 bits per heavy atom. The molecule has 1 heterocycles. The maximum atomic E-state index is 12.1. The lowest BCUT2D eigenvalue weighted by Gasteiger charge is -2.47. The van der Waals surface area contributed by atoms with Crippen molar-refractivity contribution in [2.45, 2.75) is 103 Å². The molecule has 0 amide bonds. The molecule has 0 saturated carbocycles. The summed E-state index contributed by atoms with van der Waals surface area (Å²) in [6.45, 7) is 6.62. The van der Waals surface area contributed by atoms with Crippen molar-refractivity contribution in [2.75, 3.05) is 14.2 Å². The van der Waals surface area contributed by atoms with Gasteiger partial charge in [-0.25, -0.2) is 0 Å². The van der Waals surface area contributed by atoms with Crippen LogP contribution in [0.1, 0.15) is 85.0 Å². The topological polar surface area (TPSA) is 55.8 Å². The van der Waals surface area contributed by atoms with Crippen molar-refractivity contribution in [3.05, 3.63) is 0 Å². The first-order valence-electron chi connectivity index (χ1n) is 9.75. The first kappa shape index (κ1) is 21.9. The van der Waals surface area contributed by atoms with E-state index >= 15 is 0 Å². The number of carbonyl (C=O) groups is 2. The predicted octanol–water partition coefficient (Wildman–Crippen LogP) is 4.08. The highest BCUT2D eigenvalue weighted by molar-refractivity contribution is 5.69. The first-order valence-corrected chi connectivity index (χ1v) is 9.75. The molecule has 0 bridgehead atoms. The number of ether oxygens (including phenoxy) is 2. The summed E-state index contributed by atoms with van der Waals surface area (Å²) in [5.74, 6) is -0.183. The minimum atomic E-state index is -0.130. The van der Waals surface area contributed by atoms with Gasteiger partial charge in [0.1, 0.15) is 6.10 Å². The maximum Gasteiger partial charge on any atom is 0.306 e. The standard InChI is InChI=1S/C20H37NO4/c1-16-14-17(15-20(2,3)21(16)4)25-19(23)13-11-9-7-6-8-10-12-18(22)24-5/h16-17H,6-15H2,1-5H3. The Morgan fingerprint density at radius 1 is 1.00 bits per heavy atom. The largest absolute Gasteiger partial charge is 0.469 e. The molecule has 0 N–H and O–H groups in total. The number of hydrogen-bond donors (Lipinski definition) is 0. The molecule has 0 aromatic carbocycles. The van der Waals surface area contributed by atoms with E-state index < -0.39 is 0 Å². The first-order chi connectivity index (χ1) is 11.8. The molecule has 0 spiro atoms. The summed E-state index contributed by atoms with van der Waals surface area (Å²) in [6.07, 6.45) is 8.97. The monoisotopic (exact) mass is 355 g/mol. The van der Waals surface area contributed by atoms with E-state index in [1.54, 1.807) is 0 Å². The van der Waals surface area contributed by atoms with E-state index in [1.165, 1.54) is 7.11 Å². The molecule has 2 unspecified atom stereocenters. The van der Waals surface area contributed by atoms with Gasteiger partial charge in [0, 0.05) is 30.8 Å². The van der Waals surface area contributed by atoms with Crippen LogP contribution in [-0.2, 0) is 19.1 Å². The zero-order valence-electron chi connectivity index (χ0n) is 16.8. The van der Waals surface area contributed by atoms with E-state index in [0.29, 0.717) is 18.9 Å². The number of rotatable bonds is 10. The fourth-order valence-electron chi connectivity index (χ4n) is 3.60. The van der Waals surface area contributed by atoms with E-state index in [2.05, 4.69) is 37.5 Å². The molecule has 2 atom stereocenters. The third-order valence-corrected chi connectivity index (χ3v) is 5.48. The molecular weight excluding hydrogens is 318 g/mol. The van der Waals surface area contributed by atoms with E-state index in [1.807, 2.05) is 0 Å². The molecule has 5 nitrogen and oxygen atoms in total. The van der Waals surface area contributed by atoms with E-state index in [9.17, 15) is 9.59 Å². The van der Waals surface area contributed by atoms with Crippen LogP contribution in [0.15, 0.2) is 0 Å². The molecule has 1 fully saturated rings. The fourth-order valence-corrected chi connectivity index (χ4v) is 3.60. The summed E-state index contributed by atoms with van der Waals surface area (Å²) in [5.41, 5.74) is 0.0762. The normalized spacial score (nSPS) is 23.2. The lowest BCUT2D eigenvalue weighted by atomic mass is 9.85. The van der Waals surface area contributed by atoms with Crippen LogP contribution >= 0.6 is 0 Å². The van der Waals surface area contributed by atoms with E-state index in [4.69, 9.17) is 4.74 Å². The third kappa shape index (κ3) is 8.21. The molecule has 1 aliphatic heterocycles. The molecule has 1 rings (SSSR count). The lowest BCUT2D eigenvalue weighted by molar-refractivity contribution is -0.155. The van der Waals surface area contributed by atoms with Gasteiger partial charge in [0.05, 0.1) is 7.11 Å². The predicted molar refractivity (Wildman–Crippen MR) is 99.4 cm³/mol. The van der Waals surface area contributed by atoms with Crippen LogP contribution in [-0.4, -0.2) is 48.7 Å². The second-order valence-electron chi connectivity index (χ2n) is 8.02. The Kier molecular flexibility index (Phi) is 9.47. The van der Waals surface area contributed by atoms with Gasteiger partial charge in [-0.2, -0.15) is 0 Å². The molecule has 0 radical (unpaired) electrons. The highest BCUT2D eigenvalue weighted by Gasteiger charge is 2.38. The quantitative estimate of drug-likeness (QED) is 0.436. The number of hydrogen-bond acceptors (Lipinski definition) is 5. The van der Waals surface area contributed by atoms with Crippen LogP contribution < -0.4 is 0 Å². The number of carbonyl (C=O) groups excluding carboxylic acids is 2. The van der Waals surface area contributed by atoms with Crippen LogP contribution in [0.5, 0.6) is 0 Å². The Balaban J connectivity index is 2.08. The van der Waals surface area contributed by atoms with E-state index in [0.717, 1.165) is 51.4 Å². The second-order valence-corrected chi connectivity index (χ2v) is 8.02. The lowest BCUT2D eigenvalue weighted by Crippen LogP contribution is -2.54. The molecule has 1 saturated heterocycles. The van der Waals surface area contributed by atoms with Crippen molar-refractivity contribution in [1.29, 1.82) is 0 Å². The maximum absolute atomic E-state index is 12.1. The number of unbranched alkanes of at least 4 members (excludes halogenated alkanes) is 5. The summed E-state index contributed by atoms with van der Waals surface area (Å²) in [5, 5.41) is 0. The molecule has 5 heteroatoms. The van der Waals surface area contributed by atoms with Gasteiger partial charge in [-0.1, -0.05) is 25.7 Å². The summed E-state index contributed by atoms with van der Waals surface area (Å²) in [7, 11) is 3.57. The number of piperidine rings is 1. The number of nitrogens with zero attached hydrogens (tertiary/aromatic N) is 1. The SMILES string of the molecule is COC(=O)CCCCCCCCC(=O)OC1CC(C)N(C)C(C)(C)C1. The molecule has 0 aliphatic carbocycles. The number of likely N-dealkylation sites (tertiary alicyclic amines) is 1. The Bertz CT molecular complexity index is 422. The fraction of sp³-hybridized carbons (Fsp3) is 0.900. The highest BCUT2D eigenvalue weighted by atomic mass is 16.5. The number of esters is 2. The van der Waals surface area contributed by atoms with Crippen molar-refractivity contribution in [2.24, 2.45) is 0 Å². The van der Waals surface area contributed by atoms with Crippen LogP contribution in [0.25, 0.3) is 0 Å². The molecule has 0 aromatic rings. The Morgan fingerprint density at radius 3 is 2.04 bits per heavy atom. The summed E-state index contributed by atoms with van der Waals surface area (Å²) in [4.78, 5) is 25.4. The molecular formula is C20H37NO4. The van der Waals surface area contributed by atoms with Crippen LogP contribution in [0.3, 0.4) is 0 Å².